The van der Waals surface area contributed by atoms with E-state index in [1.807, 2.05) is 0 Å². The number of aromatic nitrogens is 3. The average Bonchev–Trinajstić information content (AvgIpc) is 2.75. The molecule has 1 aliphatic rings. The van der Waals surface area contributed by atoms with Gasteiger partial charge in [0.1, 0.15) is 6.54 Å². The summed E-state index contributed by atoms with van der Waals surface area (Å²) in [6, 6.07) is 0. The number of hydrogen-bond acceptors (Lipinski definition) is 6. The Kier molecular flexibility index (Phi) is 4.00. The SMILES string of the molecule is CS(=O)(=O)Nc1cnn(CC(=O)N2CCOCC2)n1. The number of sulfonamides is 1. The number of nitrogens with one attached hydrogen (secondary N) is 1. The van der Waals surface area contributed by atoms with Crippen LogP contribution in [0.2, 0.25) is 0 Å². The van der Waals surface area contributed by atoms with Gasteiger partial charge < -0.3 is 9.64 Å². The van der Waals surface area contributed by atoms with Crippen LogP contribution in [0.15, 0.2) is 6.20 Å². The fourth-order valence-corrected chi connectivity index (χ4v) is 2.12. The summed E-state index contributed by atoms with van der Waals surface area (Å²) in [4.78, 5) is 14.7. The van der Waals surface area contributed by atoms with Gasteiger partial charge in [0.15, 0.2) is 5.82 Å². The Morgan fingerprint density at radius 3 is 2.79 bits per heavy atom. The molecule has 2 heterocycles. The number of amides is 1. The number of carbonyl (C=O) groups is 1. The van der Waals surface area contributed by atoms with Crippen LogP contribution in [0.5, 0.6) is 0 Å². The van der Waals surface area contributed by atoms with Gasteiger partial charge in [0.05, 0.1) is 25.7 Å². The minimum absolute atomic E-state index is 0.0224. The average molecular weight is 289 g/mol. The van der Waals surface area contributed by atoms with E-state index in [-0.39, 0.29) is 18.3 Å². The number of morpholine rings is 1. The molecule has 2 rings (SSSR count). The first-order valence-electron chi connectivity index (χ1n) is 5.67. The lowest BCUT2D eigenvalue weighted by atomic mass is 10.4. The van der Waals surface area contributed by atoms with E-state index in [0.717, 1.165) is 11.1 Å². The minimum atomic E-state index is -3.39. The summed E-state index contributed by atoms with van der Waals surface area (Å²) >= 11 is 0. The van der Waals surface area contributed by atoms with Crippen molar-refractivity contribution in [3.05, 3.63) is 6.20 Å². The van der Waals surface area contributed by atoms with Gasteiger partial charge in [-0.1, -0.05) is 0 Å². The van der Waals surface area contributed by atoms with E-state index in [0.29, 0.717) is 26.3 Å². The van der Waals surface area contributed by atoms with Crippen molar-refractivity contribution < 1.29 is 17.9 Å². The molecule has 0 atom stereocenters. The zero-order chi connectivity index (χ0) is 13.9. The van der Waals surface area contributed by atoms with Crippen molar-refractivity contribution in [2.24, 2.45) is 0 Å². The molecule has 0 radical (unpaired) electrons. The number of hydrogen-bond donors (Lipinski definition) is 1. The zero-order valence-electron chi connectivity index (χ0n) is 10.4. The predicted octanol–water partition coefficient (Wildman–Crippen LogP) is -1.49. The third-order valence-electron chi connectivity index (χ3n) is 2.47. The molecule has 1 fully saturated rings. The first-order valence-corrected chi connectivity index (χ1v) is 7.56. The highest BCUT2D eigenvalue weighted by Crippen LogP contribution is 2.03. The number of nitrogens with zero attached hydrogens (tertiary/aromatic N) is 4. The van der Waals surface area contributed by atoms with Crippen molar-refractivity contribution >= 4 is 21.7 Å². The molecule has 1 aromatic heterocycles. The largest absolute Gasteiger partial charge is 0.378 e. The molecule has 1 aliphatic heterocycles. The second kappa shape index (κ2) is 5.53. The van der Waals surface area contributed by atoms with Gasteiger partial charge >= 0.3 is 0 Å². The lowest BCUT2D eigenvalue weighted by Crippen LogP contribution is -2.42. The van der Waals surface area contributed by atoms with Gasteiger partial charge in [-0.2, -0.15) is 9.90 Å². The minimum Gasteiger partial charge on any atom is -0.378 e. The lowest BCUT2D eigenvalue weighted by Gasteiger charge is -2.26. The van der Waals surface area contributed by atoms with Crippen LogP contribution in [0.3, 0.4) is 0 Å². The van der Waals surface area contributed by atoms with Crippen LogP contribution in [0, 0.1) is 0 Å². The van der Waals surface area contributed by atoms with Crippen molar-refractivity contribution in [2.75, 3.05) is 37.3 Å². The third kappa shape index (κ3) is 4.17. The van der Waals surface area contributed by atoms with Gasteiger partial charge in [-0.25, -0.2) is 8.42 Å². The van der Waals surface area contributed by atoms with Crippen LogP contribution in [-0.2, 0) is 26.1 Å². The Labute approximate surface area is 110 Å². The molecule has 0 saturated carbocycles. The molecule has 1 amide bonds. The van der Waals surface area contributed by atoms with Crippen LogP contribution in [0.4, 0.5) is 5.82 Å². The fourth-order valence-electron chi connectivity index (χ4n) is 1.64. The number of anilines is 1. The van der Waals surface area contributed by atoms with Crippen LogP contribution in [0.25, 0.3) is 0 Å². The summed E-state index contributed by atoms with van der Waals surface area (Å²) in [6.45, 7) is 2.13. The van der Waals surface area contributed by atoms with E-state index in [1.165, 1.54) is 6.20 Å². The maximum atomic E-state index is 11.9. The summed E-state index contributed by atoms with van der Waals surface area (Å²) in [5.41, 5.74) is 0. The molecule has 1 aromatic rings. The Bertz CT molecular complexity index is 549. The first kappa shape index (κ1) is 13.7. The van der Waals surface area contributed by atoms with Crippen LogP contribution < -0.4 is 4.72 Å². The van der Waals surface area contributed by atoms with Crippen LogP contribution in [-0.4, -0.2) is 66.8 Å². The maximum absolute atomic E-state index is 11.9. The van der Waals surface area contributed by atoms with E-state index >= 15 is 0 Å². The van der Waals surface area contributed by atoms with Gasteiger partial charge in [0.25, 0.3) is 0 Å². The molecule has 0 unspecified atom stereocenters. The number of ether oxygens (including phenoxy) is 1. The summed E-state index contributed by atoms with van der Waals surface area (Å²) in [6.07, 6.45) is 2.28. The van der Waals surface area contributed by atoms with E-state index in [1.54, 1.807) is 4.90 Å². The molecule has 0 aliphatic carbocycles. The lowest BCUT2D eigenvalue weighted by molar-refractivity contribution is -0.136. The fraction of sp³-hybridized carbons (Fsp3) is 0.667. The molecule has 106 valence electrons. The van der Waals surface area contributed by atoms with Crippen LogP contribution in [0.1, 0.15) is 0 Å². The maximum Gasteiger partial charge on any atom is 0.246 e. The molecule has 0 aromatic carbocycles. The predicted molar refractivity (Wildman–Crippen MR) is 65.9 cm³/mol. The highest BCUT2D eigenvalue weighted by molar-refractivity contribution is 7.92. The quantitative estimate of drug-likeness (QED) is 0.723. The molecule has 0 bridgehead atoms. The molecule has 19 heavy (non-hydrogen) atoms. The molecule has 1 saturated heterocycles. The molecular formula is C9H15N5O4S. The standard InChI is InChI=1S/C9H15N5O4S/c1-19(16,17)12-8-6-10-14(11-8)7-9(15)13-2-4-18-5-3-13/h6H,2-5,7H2,1H3,(H,11,12). The summed E-state index contributed by atoms with van der Waals surface area (Å²) in [7, 11) is -3.39. The normalized spacial score (nSPS) is 16.4. The molecule has 0 spiro atoms. The van der Waals surface area contributed by atoms with Crippen molar-refractivity contribution in [1.29, 1.82) is 0 Å². The van der Waals surface area contributed by atoms with E-state index < -0.39 is 10.0 Å². The van der Waals surface area contributed by atoms with Crippen molar-refractivity contribution in [3.63, 3.8) is 0 Å². The second-order valence-electron chi connectivity index (χ2n) is 4.13. The van der Waals surface area contributed by atoms with Gasteiger partial charge in [-0.05, 0) is 0 Å². The van der Waals surface area contributed by atoms with Crippen molar-refractivity contribution in [1.82, 2.24) is 19.9 Å². The first-order chi connectivity index (χ1) is 8.94. The Hall–Kier alpha value is -1.68. The zero-order valence-corrected chi connectivity index (χ0v) is 11.3. The Morgan fingerprint density at radius 1 is 1.47 bits per heavy atom. The topological polar surface area (TPSA) is 106 Å². The molecule has 1 N–H and O–H groups in total. The molecule has 9 nitrogen and oxygen atoms in total. The molecule has 10 heteroatoms. The number of carbonyl (C=O) groups excluding carboxylic acids is 1. The summed E-state index contributed by atoms with van der Waals surface area (Å²) in [5.74, 6) is -0.0258. The molecular weight excluding hydrogens is 274 g/mol. The van der Waals surface area contributed by atoms with Gasteiger partial charge in [-0.3, -0.25) is 9.52 Å². The Balaban J connectivity index is 1.94. The third-order valence-corrected chi connectivity index (χ3v) is 3.05. The smallest absolute Gasteiger partial charge is 0.246 e. The second-order valence-corrected chi connectivity index (χ2v) is 5.88. The monoisotopic (exact) mass is 289 g/mol. The summed E-state index contributed by atoms with van der Waals surface area (Å²) < 4.78 is 29.3. The van der Waals surface area contributed by atoms with Gasteiger partial charge in [0.2, 0.25) is 15.9 Å². The van der Waals surface area contributed by atoms with Crippen LogP contribution >= 0.6 is 0 Å². The highest BCUT2D eigenvalue weighted by Gasteiger charge is 2.18. The van der Waals surface area contributed by atoms with Gasteiger partial charge in [-0.15, -0.1) is 5.10 Å². The Morgan fingerprint density at radius 2 is 2.16 bits per heavy atom. The van der Waals surface area contributed by atoms with E-state index in [2.05, 4.69) is 14.9 Å². The van der Waals surface area contributed by atoms with Gasteiger partial charge in [0, 0.05) is 13.1 Å². The van der Waals surface area contributed by atoms with E-state index in [9.17, 15) is 13.2 Å². The van der Waals surface area contributed by atoms with Crippen molar-refractivity contribution in [2.45, 2.75) is 6.54 Å². The van der Waals surface area contributed by atoms with E-state index in [4.69, 9.17) is 4.74 Å². The highest BCUT2D eigenvalue weighted by atomic mass is 32.2. The number of rotatable bonds is 4. The van der Waals surface area contributed by atoms with Crippen molar-refractivity contribution in [3.8, 4) is 0 Å². The summed E-state index contributed by atoms with van der Waals surface area (Å²) in [5, 5.41) is 7.70.